The molecule has 0 aliphatic carbocycles. The lowest BCUT2D eigenvalue weighted by Crippen LogP contribution is -2.29. The minimum absolute atomic E-state index is 0.0570. The fourth-order valence-electron chi connectivity index (χ4n) is 2.61. The van der Waals surface area contributed by atoms with Crippen LogP contribution in [0, 0.1) is 11.3 Å². The van der Waals surface area contributed by atoms with Gasteiger partial charge in [0.25, 0.3) is 5.91 Å². The quantitative estimate of drug-likeness (QED) is 0.844. The van der Waals surface area contributed by atoms with E-state index in [0.717, 1.165) is 18.3 Å². The molecule has 9 heteroatoms. The Kier molecular flexibility index (Phi) is 3.97. The van der Waals surface area contributed by atoms with Gasteiger partial charge in [-0.15, -0.1) is 0 Å². The number of likely N-dealkylation sites (tertiary alicyclic amines) is 1. The van der Waals surface area contributed by atoms with Crippen LogP contribution in [0.25, 0.3) is 0 Å². The van der Waals surface area contributed by atoms with Crippen LogP contribution < -0.4 is 0 Å². The smallest absolute Gasteiger partial charge is 0.336 e. The van der Waals surface area contributed by atoms with Crippen molar-refractivity contribution in [3.8, 4) is 6.07 Å². The first-order chi connectivity index (χ1) is 11.4. The summed E-state index contributed by atoms with van der Waals surface area (Å²) in [6.07, 6.45) is 0.133. The molecule has 3 heterocycles. The fourth-order valence-corrected chi connectivity index (χ4v) is 2.61. The minimum Gasteiger partial charge on any atom is -0.336 e. The zero-order valence-corrected chi connectivity index (χ0v) is 12.4. The summed E-state index contributed by atoms with van der Waals surface area (Å²) < 4.78 is 39.1. The Morgan fingerprint density at radius 3 is 2.71 bits per heavy atom. The molecular formula is C15H12F3N5O. The highest BCUT2D eigenvalue weighted by atomic mass is 19.4. The van der Waals surface area contributed by atoms with Gasteiger partial charge in [0, 0.05) is 25.5 Å². The number of hydrogen-bond acceptors (Lipinski definition) is 4. The second-order valence-corrected chi connectivity index (χ2v) is 5.44. The summed E-state index contributed by atoms with van der Waals surface area (Å²) in [5.74, 6) is -0.369. The summed E-state index contributed by atoms with van der Waals surface area (Å²) in [6.45, 7) is 0.846. The molecule has 1 saturated heterocycles. The van der Waals surface area contributed by atoms with Crippen LogP contribution in [-0.2, 0) is 6.18 Å². The number of carbonyl (C=O) groups excluding carboxylic acids is 1. The summed E-state index contributed by atoms with van der Waals surface area (Å²) in [5.41, 5.74) is -0.479. The van der Waals surface area contributed by atoms with E-state index < -0.39 is 11.9 Å². The summed E-state index contributed by atoms with van der Waals surface area (Å²) in [5, 5.41) is 12.9. The second kappa shape index (κ2) is 5.96. The normalized spacial score (nSPS) is 17.8. The zero-order chi connectivity index (χ0) is 17.3. The Morgan fingerprint density at radius 1 is 1.33 bits per heavy atom. The van der Waals surface area contributed by atoms with Crippen molar-refractivity contribution < 1.29 is 18.0 Å². The van der Waals surface area contributed by atoms with Crippen LogP contribution in [0.3, 0.4) is 0 Å². The highest BCUT2D eigenvalue weighted by molar-refractivity contribution is 5.94. The first-order valence-electron chi connectivity index (χ1n) is 7.15. The van der Waals surface area contributed by atoms with E-state index in [9.17, 15) is 18.0 Å². The number of aromatic nitrogens is 3. The molecule has 1 aliphatic heterocycles. The van der Waals surface area contributed by atoms with Crippen molar-refractivity contribution >= 4 is 5.91 Å². The number of nitriles is 1. The standard InChI is InChI=1S/C15H12F3N5O/c16-15(17,18)13-2-1-11(7-20-13)14(24)22-4-3-12(9-22)23-8-10(5-19)6-21-23/h1-2,6-8,12H,3-4,9H2. The second-order valence-electron chi connectivity index (χ2n) is 5.44. The molecular weight excluding hydrogens is 323 g/mol. The summed E-state index contributed by atoms with van der Waals surface area (Å²) in [6, 6.07) is 3.86. The number of pyridine rings is 1. The molecule has 1 unspecified atom stereocenters. The molecule has 0 N–H and O–H groups in total. The molecule has 24 heavy (non-hydrogen) atoms. The maximum Gasteiger partial charge on any atom is 0.433 e. The third-order valence-corrected chi connectivity index (χ3v) is 3.86. The lowest BCUT2D eigenvalue weighted by atomic mass is 10.2. The Morgan fingerprint density at radius 2 is 2.12 bits per heavy atom. The Hall–Kier alpha value is -2.89. The van der Waals surface area contributed by atoms with Crippen molar-refractivity contribution in [2.45, 2.75) is 18.6 Å². The minimum atomic E-state index is -4.53. The predicted octanol–water partition coefficient (Wildman–Crippen LogP) is 2.26. The number of rotatable bonds is 2. The van der Waals surface area contributed by atoms with Crippen LogP contribution >= 0.6 is 0 Å². The van der Waals surface area contributed by atoms with Crippen molar-refractivity contribution in [1.82, 2.24) is 19.7 Å². The highest BCUT2D eigenvalue weighted by Gasteiger charge is 2.33. The maximum absolute atomic E-state index is 12.5. The topological polar surface area (TPSA) is 74.8 Å². The molecule has 1 atom stereocenters. The van der Waals surface area contributed by atoms with E-state index in [4.69, 9.17) is 5.26 Å². The van der Waals surface area contributed by atoms with Gasteiger partial charge in [-0.25, -0.2) is 0 Å². The van der Waals surface area contributed by atoms with Gasteiger partial charge in [-0.1, -0.05) is 0 Å². The lowest BCUT2D eigenvalue weighted by molar-refractivity contribution is -0.141. The van der Waals surface area contributed by atoms with Crippen LogP contribution in [0.4, 0.5) is 13.2 Å². The molecule has 124 valence electrons. The van der Waals surface area contributed by atoms with Crippen molar-refractivity contribution in [1.29, 1.82) is 5.26 Å². The van der Waals surface area contributed by atoms with Crippen molar-refractivity contribution in [2.75, 3.05) is 13.1 Å². The van der Waals surface area contributed by atoms with E-state index in [0.29, 0.717) is 25.1 Å². The Labute approximate surface area is 135 Å². The summed E-state index contributed by atoms with van der Waals surface area (Å²) >= 11 is 0. The predicted molar refractivity (Wildman–Crippen MR) is 75.7 cm³/mol. The van der Waals surface area contributed by atoms with Crippen LogP contribution in [0.5, 0.6) is 0 Å². The van der Waals surface area contributed by atoms with Crippen LogP contribution in [0.1, 0.15) is 34.1 Å². The molecule has 2 aromatic rings. The Balaban J connectivity index is 1.69. The Bertz CT molecular complexity index is 791. The van der Waals surface area contributed by atoms with Gasteiger partial charge in [0.15, 0.2) is 0 Å². The van der Waals surface area contributed by atoms with Crippen LogP contribution in [0.15, 0.2) is 30.7 Å². The number of hydrogen-bond donors (Lipinski definition) is 0. The van der Waals surface area contributed by atoms with Gasteiger partial charge < -0.3 is 4.90 Å². The molecule has 0 spiro atoms. The van der Waals surface area contributed by atoms with E-state index in [1.165, 1.54) is 6.20 Å². The number of carbonyl (C=O) groups is 1. The fraction of sp³-hybridized carbons (Fsp3) is 0.333. The SMILES string of the molecule is N#Cc1cnn(C2CCN(C(=O)c3ccc(C(F)(F)F)nc3)C2)c1. The molecule has 1 aliphatic rings. The monoisotopic (exact) mass is 335 g/mol. The van der Waals surface area contributed by atoms with Crippen molar-refractivity contribution in [3.05, 3.63) is 47.5 Å². The largest absolute Gasteiger partial charge is 0.433 e. The molecule has 6 nitrogen and oxygen atoms in total. The molecule has 2 aromatic heterocycles. The van der Waals surface area contributed by atoms with Gasteiger partial charge in [-0.05, 0) is 18.6 Å². The van der Waals surface area contributed by atoms with Gasteiger partial charge in [0.2, 0.25) is 0 Å². The lowest BCUT2D eigenvalue weighted by Gasteiger charge is -2.17. The summed E-state index contributed by atoms with van der Waals surface area (Å²) in [4.78, 5) is 17.2. The van der Waals surface area contributed by atoms with Crippen LogP contribution in [0.2, 0.25) is 0 Å². The molecule has 3 rings (SSSR count). The highest BCUT2D eigenvalue weighted by Crippen LogP contribution is 2.28. The molecule has 0 saturated carbocycles. The zero-order valence-electron chi connectivity index (χ0n) is 12.4. The summed E-state index contributed by atoms with van der Waals surface area (Å²) in [7, 11) is 0. The molecule has 1 amide bonds. The number of alkyl halides is 3. The third kappa shape index (κ3) is 3.08. The maximum atomic E-state index is 12.5. The van der Waals surface area contributed by atoms with Gasteiger partial charge in [-0.2, -0.15) is 23.5 Å². The van der Waals surface area contributed by atoms with E-state index in [2.05, 4.69) is 10.1 Å². The number of halogens is 3. The van der Waals surface area contributed by atoms with E-state index in [1.807, 2.05) is 6.07 Å². The van der Waals surface area contributed by atoms with Crippen molar-refractivity contribution in [2.24, 2.45) is 0 Å². The molecule has 0 radical (unpaired) electrons. The third-order valence-electron chi connectivity index (χ3n) is 3.86. The first-order valence-corrected chi connectivity index (χ1v) is 7.15. The average molecular weight is 335 g/mol. The van der Waals surface area contributed by atoms with E-state index in [1.54, 1.807) is 15.8 Å². The molecule has 1 fully saturated rings. The van der Waals surface area contributed by atoms with Gasteiger partial charge in [-0.3, -0.25) is 14.5 Å². The molecule has 0 aromatic carbocycles. The van der Waals surface area contributed by atoms with Gasteiger partial charge >= 0.3 is 6.18 Å². The number of nitrogens with zero attached hydrogens (tertiary/aromatic N) is 5. The van der Waals surface area contributed by atoms with Crippen molar-refractivity contribution in [3.63, 3.8) is 0 Å². The van der Waals surface area contributed by atoms with E-state index in [-0.39, 0.29) is 17.5 Å². The first kappa shape index (κ1) is 16.0. The van der Waals surface area contributed by atoms with Crippen LogP contribution in [-0.4, -0.2) is 38.7 Å². The average Bonchev–Trinajstić information content (AvgIpc) is 3.22. The van der Waals surface area contributed by atoms with E-state index >= 15 is 0 Å². The number of amides is 1. The van der Waals surface area contributed by atoms with Gasteiger partial charge in [0.1, 0.15) is 11.8 Å². The molecule has 0 bridgehead atoms. The van der Waals surface area contributed by atoms with Gasteiger partial charge in [0.05, 0.1) is 23.4 Å².